The standard InChI is InChI=1S/C25H27N3O3/c1-25(2)15-26-23-22(29)20-13-17(10-11-21(20)28(23)16-25)24(30)27-12-6-7-18(27)14-31-19-8-4-3-5-9-19/h3-5,8-11,13,15,18,29H,6-7,12,14,16H2,1-2H3/t18-/m0/s1. The Kier molecular flexibility index (Phi) is 4.73. The highest BCUT2D eigenvalue weighted by molar-refractivity contribution is 6.02. The number of likely N-dealkylation sites (tertiary alicyclic amines) is 1. The van der Waals surface area contributed by atoms with E-state index in [-0.39, 0.29) is 23.1 Å². The van der Waals surface area contributed by atoms with Crippen LogP contribution in [-0.4, -0.2) is 45.9 Å². The largest absolute Gasteiger partial charge is 0.504 e. The third-order valence-corrected chi connectivity index (χ3v) is 6.18. The maximum absolute atomic E-state index is 13.3. The molecule has 0 radical (unpaired) electrons. The molecule has 2 aromatic carbocycles. The summed E-state index contributed by atoms with van der Waals surface area (Å²) in [5.74, 6) is 1.50. The molecule has 6 nitrogen and oxygen atoms in total. The van der Waals surface area contributed by atoms with Gasteiger partial charge in [-0.25, -0.2) is 4.99 Å². The van der Waals surface area contributed by atoms with Crippen LogP contribution in [0.3, 0.4) is 0 Å². The topological polar surface area (TPSA) is 67.1 Å². The quantitative estimate of drug-likeness (QED) is 0.665. The number of aliphatic imine (C=N–C) groups is 1. The molecule has 2 aliphatic rings. The molecule has 31 heavy (non-hydrogen) atoms. The van der Waals surface area contributed by atoms with Crippen molar-refractivity contribution in [2.24, 2.45) is 10.4 Å². The molecule has 3 heterocycles. The maximum Gasteiger partial charge on any atom is 0.254 e. The lowest BCUT2D eigenvalue weighted by molar-refractivity contribution is 0.0692. The molecule has 1 saturated heterocycles. The van der Waals surface area contributed by atoms with Gasteiger partial charge in [0.05, 0.1) is 11.6 Å². The zero-order valence-electron chi connectivity index (χ0n) is 17.9. The van der Waals surface area contributed by atoms with Crippen molar-refractivity contribution in [1.29, 1.82) is 0 Å². The van der Waals surface area contributed by atoms with Crippen LogP contribution in [0.5, 0.6) is 11.5 Å². The number of carbonyl (C=O) groups excluding carboxylic acids is 1. The van der Waals surface area contributed by atoms with Gasteiger partial charge in [0.25, 0.3) is 5.91 Å². The minimum absolute atomic E-state index is 0.0199. The van der Waals surface area contributed by atoms with Gasteiger partial charge in [-0.15, -0.1) is 0 Å². The van der Waals surface area contributed by atoms with Gasteiger partial charge in [0.15, 0.2) is 11.6 Å². The Bertz CT molecular complexity index is 1160. The fourth-order valence-electron chi connectivity index (χ4n) is 4.58. The molecule has 0 saturated carbocycles. The predicted molar refractivity (Wildman–Crippen MR) is 122 cm³/mol. The number of aromatic nitrogens is 1. The summed E-state index contributed by atoms with van der Waals surface area (Å²) in [6.07, 6.45) is 3.78. The van der Waals surface area contributed by atoms with E-state index in [1.54, 1.807) is 6.07 Å². The van der Waals surface area contributed by atoms with E-state index in [0.29, 0.717) is 23.4 Å². The maximum atomic E-state index is 13.3. The van der Waals surface area contributed by atoms with Gasteiger partial charge in [-0.05, 0) is 43.2 Å². The average Bonchev–Trinajstić information content (AvgIpc) is 3.34. The highest BCUT2D eigenvalue weighted by atomic mass is 16.5. The Morgan fingerprint density at radius 1 is 1.23 bits per heavy atom. The average molecular weight is 418 g/mol. The molecule has 0 unspecified atom stereocenters. The highest BCUT2D eigenvalue weighted by Crippen LogP contribution is 2.42. The number of para-hydroxylation sites is 1. The molecule has 1 N–H and O–H groups in total. The Morgan fingerprint density at radius 2 is 2.03 bits per heavy atom. The second kappa shape index (κ2) is 7.45. The van der Waals surface area contributed by atoms with Crippen molar-refractivity contribution in [2.45, 2.75) is 39.3 Å². The summed E-state index contributed by atoms with van der Waals surface area (Å²) < 4.78 is 7.95. The number of benzene rings is 2. The molecule has 1 atom stereocenters. The molecule has 3 aromatic rings. The van der Waals surface area contributed by atoms with E-state index in [9.17, 15) is 9.90 Å². The minimum Gasteiger partial charge on any atom is -0.504 e. The summed E-state index contributed by atoms with van der Waals surface area (Å²) in [4.78, 5) is 19.7. The van der Waals surface area contributed by atoms with E-state index in [0.717, 1.165) is 37.2 Å². The molecule has 1 aromatic heterocycles. The smallest absolute Gasteiger partial charge is 0.254 e. The number of hydrogen-bond donors (Lipinski definition) is 1. The first-order chi connectivity index (χ1) is 14.9. The summed E-state index contributed by atoms with van der Waals surface area (Å²) in [7, 11) is 0. The van der Waals surface area contributed by atoms with Crippen molar-refractivity contribution in [2.75, 3.05) is 13.2 Å². The summed E-state index contributed by atoms with van der Waals surface area (Å²) in [6.45, 7) is 6.17. The Hall–Kier alpha value is -3.28. The number of rotatable bonds is 4. The van der Waals surface area contributed by atoms with Crippen molar-refractivity contribution >= 4 is 28.8 Å². The molecule has 160 valence electrons. The lowest BCUT2D eigenvalue weighted by atomic mass is 9.94. The van der Waals surface area contributed by atoms with Crippen molar-refractivity contribution in [3.8, 4) is 11.5 Å². The number of hydrogen-bond acceptors (Lipinski definition) is 4. The van der Waals surface area contributed by atoms with Crippen molar-refractivity contribution in [1.82, 2.24) is 9.47 Å². The van der Waals surface area contributed by atoms with Gasteiger partial charge in [0, 0.05) is 35.7 Å². The van der Waals surface area contributed by atoms with Gasteiger partial charge in [0.1, 0.15) is 12.4 Å². The summed E-state index contributed by atoms with van der Waals surface area (Å²) in [6, 6.07) is 15.3. The van der Waals surface area contributed by atoms with E-state index in [2.05, 4.69) is 18.8 Å². The van der Waals surface area contributed by atoms with Crippen LogP contribution in [0.1, 0.15) is 37.0 Å². The van der Waals surface area contributed by atoms with Gasteiger partial charge in [0.2, 0.25) is 0 Å². The third kappa shape index (κ3) is 3.56. The van der Waals surface area contributed by atoms with Crippen LogP contribution in [0.15, 0.2) is 53.5 Å². The third-order valence-electron chi connectivity index (χ3n) is 6.18. The monoisotopic (exact) mass is 417 g/mol. The van der Waals surface area contributed by atoms with Gasteiger partial charge in [-0.3, -0.25) is 4.79 Å². The van der Waals surface area contributed by atoms with E-state index in [1.807, 2.05) is 58.1 Å². The number of carbonyl (C=O) groups is 1. The molecule has 2 aliphatic heterocycles. The zero-order chi connectivity index (χ0) is 21.6. The summed E-state index contributed by atoms with van der Waals surface area (Å²) >= 11 is 0. The molecule has 1 amide bonds. The number of fused-ring (bicyclic) bond motifs is 3. The Balaban J connectivity index is 1.39. The minimum atomic E-state index is -0.0819. The van der Waals surface area contributed by atoms with Crippen molar-refractivity contribution in [3.63, 3.8) is 0 Å². The fourth-order valence-corrected chi connectivity index (χ4v) is 4.58. The first-order valence-corrected chi connectivity index (χ1v) is 10.8. The van der Waals surface area contributed by atoms with Gasteiger partial charge in [-0.2, -0.15) is 0 Å². The van der Waals surface area contributed by atoms with E-state index in [4.69, 9.17) is 4.74 Å². The Labute approximate surface area is 181 Å². The van der Waals surface area contributed by atoms with E-state index < -0.39 is 0 Å². The predicted octanol–water partition coefficient (Wildman–Crippen LogP) is 4.77. The van der Waals surface area contributed by atoms with Crippen LogP contribution in [0.4, 0.5) is 5.82 Å². The van der Waals surface area contributed by atoms with Gasteiger partial charge >= 0.3 is 0 Å². The van der Waals surface area contributed by atoms with Gasteiger partial charge in [-0.1, -0.05) is 32.0 Å². The summed E-state index contributed by atoms with van der Waals surface area (Å²) in [5, 5.41) is 11.4. The molecule has 5 rings (SSSR count). The second-order valence-electron chi connectivity index (χ2n) is 9.16. The van der Waals surface area contributed by atoms with Crippen LogP contribution in [-0.2, 0) is 6.54 Å². The SMILES string of the molecule is CC1(C)C=Nc2c(O)c3cc(C(=O)N4CCC[C@H]4COc4ccccc4)ccc3n2C1. The van der Waals surface area contributed by atoms with Crippen LogP contribution < -0.4 is 4.74 Å². The van der Waals surface area contributed by atoms with Crippen molar-refractivity contribution < 1.29 is 14.6 Å². The molecular formula is C25H27N3O3. The molecule has 0 spiro atoms. The molecular weight excluding hydrogens is 390 g/mol. The first kappa shape index (κ1) is 19.7. The van der Waals surface area contributed by atoms with E-state index >= 15 is 0 Å². The number of ether oxygens (including phenoxy) is 1. The number of nitrogens with zero attached hydrogens (tertiary/aromatic N) is 3. The van der Waals surface area contributed by atoms with Crippen LogP contribution in [0.2, 0.25) is 0 Å². The lowest BCUT2D eigenvalue weighted by Crippen LogP contribution is -2.39. The zero-order valence-corrected chi connectivity index (χ0v) is 17.9. The fraction of sp³-hybridized carbons (Fsp3) is 0.360. The molecule has 0 bridgehead atoms. The van der Waals surface area contributed by atoms with Crippen molar-refractivity contribution in [3.05, 3.63) is 54.1 Å². The normalized spacial score (nSPS) is 19.5. The first-order valence-electron chi connectivity index (χ1n) is 10.8. The molecule has 0 aliphatic carbocycles. The highest BCUT2D eigenvalue weighted by Gasteiger charge is 2.31. The Morgan fingerprint density at radius 3 is 2.84 bits per heavy atom. The summed E-state index contributed by atoms with van der Waals surface area (Å²) in [5.41, 5.74) is 1.40. The van der Waals surface area contributed by atoms with Crippen LogP contribution in [0.25, 0.3) is 10.9 Å². The molecule has 1 fully saturated rings. The van der Waals surface area contributed by atoms with Crippen LogP contribution in [0, 0.1) is 5.41 Å². The van der Waals surface area contributed by atoms with Gasteiger partial charge < -0.3 is 19.3 Å². The van der Waals surface area contributed by atoms with E-state index in [1.165, 1.54) is 0 Å². The number of amides is 1. The van der Waals surface area contributed by atoms with Crippen LogP contribution >= 0.6 is 0 Å². The molecule has 6 heteroatoms. The number of aromatic hydroxyl groups is 1. The lowest BCUT2D eigenvalue weighted by Gasteiger charge is -2.26. The second-order valence-corrected chi connectivity index (χ2v) is 9.16.